The second-order valence-electron chi connectivity index (χ2n) is 8.44. The predicted molar refractivity (Wildman–Crippen MR) is 140 cm³/mol. The van der Waals surface area contributed by atoms with E-state index in [-0.39, 0.29) is 11.6 Å². The highest BCUT2D eigenvalue weighted by Crippen LogP contribution is 2.41. The number of hydrogen-bond acceptors (Lipinski definition) is 4. The number of aromatic nitrogens is 1. The number of methoxy groups -OCH3 is 1. The van der Waals surface area contributed by atoms with Crippen LogP contribution in [0.4, 0.5) is 0 Å². The van der Waals surface area contributed by atoms with Gasteiger partial charge in [0.1, 0.15) is 5.75 Å². The fourth-order valence-corrected chi connectivity index (χ4v) is 6.08. The zero-order valence-corrected chi connectivity index (χ0v) is 20.9. The molecule has 0 spiro atoms. The molecule has 0 amide bonds. The molecule has 0 saturated heterocycles. The molecule has 2 heterocycles. The number of allylic oxidation sites excluding steroid dienone is 1. The maximum Gasteiger partial charge on any atom is 0.271 e. The third-order valence-electron chi connectivity index (χ3n) is 6.47. The number of rotatable bonds is 3. The highest BCUT2D eigenvalue weighted by atomic mass is 79.9. The monoisotopic (exact) mass is 528 g/mol. The van der Waals surface area contributed by atoms with Crippen molar-refractivity contribution < 1.29 is 4.74 Å². The van der Waals surface area contributed by atoms with Crippen LogP contribution < -0.4 is 19.6 Å². The molecule has 4 aromatic rings. The van der Waals surface area contributed by atoms with E-state index in [9.17, 15) is 4.79 Å². The number of nitrogens with zero attached hydrogens (tertiary/aromatic N) is 2. The van der Waals surface area contributed by atoms with Crippen LogP contribution in [0.2, 0.25) is 0 Å². The summed E-state index contributed by atoms with van der Waals surface area (Å²) in [5.41, 5.74) is 6.78. The van der Waals surface area contributed by atoms with Crippen LogP contribution in [0.15, 0.2) is 92.6 Å². The average molecular weight is 529 g/mol. The van der Waals surface area contributed by atoms with Gasteiger partial charge in [-0.1, -0.05) is 75.8 Å². The molecule has 0 bridgehead atoms. The van der Waals surface area contributed by atoms with E-state index in [0.717, 1.165) is 44.7 Å². The van der Waals surface area contributed by atoms with Crippen LogP contribution in [0, 0.1) is 0 Å². The highest BCUT2D eigenvalue weighted by molar-refractivity contribution is 9.10. The van der Waals surface area contributed by atoms with Crippen molar-refractivity contribution in [2.45, 2.75) is 18.9 Å². The molecule has 0 saturated carbocycles. The lowest BCUT2D eigenvalue weighted by Crippen LogP contribution is -2.38. The summed E-state index contributed by atoms with van der Waals surface area (Å²) in [5.74, 6) is 0.792. The zero-order chi connectivity index (χ0) is 23.2. The summed E-state index contributed by atoms with van der Waals surface area (Å²) < 4.78 is 8.85. The van der Waals surface area contributed by atoms with Crippen LogP contribution in [0.25, 0.3) is 11.8 Å². The molecule has 0 unspecified atom stereocenters. The molecule has 1 aromatic heterocycles. The van der Waals surface area contributed by atoms with Gasteiger partial charge in [0.05, 0.1) is 23.4 Å². The summed E-state index contributed by atoms with van der Waals surface area (Å²) in [7, 11) is 1.65. The standard InChI is InChI=1S/C28H21BrN2O2S/c1-33-21-13-6-17(7-14-21)16-24-27(32)31-26(19-8-11-20(29)12-9-19)23-15-10-18-4-2-3-5-22(18)25(23)30-28(31)34-24/h2-9,11-14,16,26H,10,15H2,1H3/b24-16-/t26-/m1/s1. The number of ether oxygens (including phenoxy) is 1. The summed E-state index contributed by atoms with van der Waals surface area (Å²) in [6.07, 6.45) is 3.78. The van der Waals surface area contributed by atoms with Crippen LogP contribution in [0.1, 0.15) is 34.7 Å². The smallest absolute Gasteiger partial charge is 0.271 e. The Kier molecular flexibility index (Phi) is 5.35. The summed E-state index contributed by atoms with van der Waals surface area (Å²) in [5, 5.41) is 0. The Labute approximate surface area is 209 Å². The molecule has 34 heavy (non-hydrogen) atoms. The first-order valence-corrected chi connectivity index (χ1v) is 12.8. The molecule has 0 N–H and O–H groups in total. The van der Waals surface area contributed by atoms with E-state index in [1.54, 1.807) is 7.11 Å². The Bertz CT molecular complexity index is 1610. The minimum Gasteiger partial charge on any atom is -0.497 e. The van der Waals surface area contributed by atoms with E-state index in [2.05, 4.69) is 52.3 Å². The minimum absolute atomic E-state index is 0.00195. The molecule has 1 aliphatic carbocycles. The molecular formula is C28H21BrN2O2S. The number of aryl methyl sites for hydroxylation is 1. The van der Waals surface area contributed by atoms with Gasteiger partial charge in [-0.15, -0.1) is 0 Å². The average Bonchev–Trinajstić information content (AvgIpc) is 3.18. The topological polar surface area (TPSA) is 43.6 Å². The molecule has 168 valence electrons. The van der Waals surface area contributed by atoms with E-state index in [1.165, 1.54) is 28.0 Å². The Morgan fingerprint density at radius 1 is 1.03 bits per heavy atom. The van der Waals surface area contributed by atoms with E-state index in [0.29, 0.717) is 4.53 Å². The maximum absolute atomic E-state index is 13.7. The van der Waals surface area contributed by atoms with Gasteiger partial charge >= 0.3 is 0 Å². The van der Waals surface area contributed by atoms with E-state index in [1.807, 2.05) is 47.0 Å². The zero-order valence-electron chi connectivity index (χ0n) is 18.5. The van der Waals surface area contributed by atoms with Gasteiger partial charge in [0.25, 0.3) is 5.56 Å². The lowest BCUT2D eigenvalue weighted by atomic mass is 9.83. The predicted octanol–water partition coefficient (Wildman–Crippen LogP) is 5.09. The molecule has 1 atom stereocenters. The van der Waals surface area contributed by atoms with Crippen LogP contribution in [-0.2, 0) is 6.42 Å². The van der Waals surface area contributed by atoms with Crippen LogP contribution >= 0.6 is 27.3 Å². The molecule has 0 fully saturated rings. The summed E-state index contributed by atoms with van der Waals surface area (Å²) in [6.45, 7) is 0. The van der Waals surface area contributed by atoms with Gasteiger partial charge in [-0.05, 0) is 65.4 Å². The number of hydrogen-bond donors (Lipinski definition) is 0. The lowest BCUT2D eigenvalue weighted by molar-refractivity contribution is 0.415. The molecule has 2 aliphatic rings. The fourth-order valence-electron chi connectivity index (χ4n) is 4.82. The molecule has 0 radical (unpaired) electrons. The highest BCUT2D eigenvalue weighted by Gasteiger charge is 2.32. The maximum atomic E-state index is 13.7. The van der Waals surface area contributed by atoms with Gasteiger partial charge in [0.15, 0.2) is 4.80 Å². The number of benzene rings is 3. The third-order valence-corrected chi connectivity index (χ3v) is 7.98. The van der Waals surface area contributed by atoms with Crippen molar-refractivity contribution >= 4 is 39.0 Å². The third kappa shape index (κ3) is 3.58. The van der Waals surface area contributed by atoms with Crippen molar-refractivity contribution in [2.24, 2.45) is 4.99 Å². The van der Waals surface area contributed by atoms with Gasteiger partial charge in [0, 0.05) is 10.0 Å². The van der Waals surface area contributed by atoms with Crippen LogP contribution in [0.3, 0.4) is 0 Å². The normalized spacial score (nSPS) is 17.0. The summed E-state index contributed by atoms with van der Waals surface area (Å²) in [6, 6.07) is 24.4. The number of thiazole rings is 1. The van der Waals surface area contributed by atoms with Gasteiger partial charge < -0.3 is 4.74 Å². The number of fused-ring (bicyclic) bond motifs is 3. The molecule has 4 nitrogen and oxygen atoms in total. The van der Waals surface area contributed by atoms with Crippen molar-refractivity contribution in [3.05, 3.63) is 125 Å². The second-order valence-corrected chi connectivity index (χ2v) is 10.4. The van der Waals surface area contributed by atoms with Gasteiger partial charge in [-0.3, -0.25) is 9.36 Å². The summed E-state index contributed by atoms with van der Waals surface area (Å²) in [4.78, 5) is 19.5. The Morgan fingerprint density at radius 2 is 1.79 bits per heavy atom. The van der Waals surface area contributed by atoms with Gasteiger partial charge in [-0.2, -0.15) is 0 Å². The first-order valence-electron chi connectivity index (χ1n) is 11.1. The molecule has 3 aromatic carbocycles. The quantitative estimate of drug-likeness (QED) is 0.371. The first kappa shape index (κ1) is 21.3. The lowest BCUT2D eigenvalue weighted by Gasteiger charge is -2.30. The van der Waals surface area contributed by atoms with Crippen LogP contribution in [0.5, 0.6) is 5.75 Å². The molecular weight excluding hydrogens is 508 g/mol. The van der Waals surface area contributed by atoms with Crippen molar-refractivity contribution in [3.63, 3.8) is 0 Å². The summed E-state index contributed by atoms with van der Waals surface area (Å²) >= 11 is 5.00. The Balaban J connectivity index is 1.59. The number of halogens is 1. The first-order chi connectivity index (χ1) is 16.6. The van der Waals surface area contributed by atoms with Crippen molar-refractivity contribution in [3.8, 4) is 5.75 Å². The Morgan fingerprint density at radius 3 is 2.56 bits per heavy atom. The molecule has 6 heteroatoms. The van der Waals surface area contributed by atoms with Crippen molar-refractivity contribution in [1.29, 1.82) is 0 Å². The van der Waals surface area contributed by atoms with E-state index < -0.39 is 0 Å². The van der Waals surface area contributed by atoms with Gasteiger partial charge in [0.2, 0.25) is 0 Å². The second kappa shape index (κ2) is 8.53. The van der Waals surface area contributed by atoms with Crippen molar-refractivity contribution in [1.82, 2.24) is 4.57 Å². The van der Waals surface area contributed by atoms with E-state index >= 15 is 0 Å². The molecule has 1 aliphatic heterocycles. The SMILES string of the molecule is COc1ccc(/C=c2\sc3n(c2=O)[C@H](c2ccc(Br)cc2)C2=C(N=3)c3ccccc3CC2)cc1. The van der Waals surface area contributed by atoms with Crippen LogP contribution in [-0.4, -0.2) is 11.7 Å². The largest absolute Gasteiger partial charge is 0.497 e. The fraction of sp³-hybridized carbons (Fsp3) is 0.143. The van der Waals surface area contributed by atoms with E-state index in [4.69, 9.17) is 9.73 Å². The minimum atomic E-state index is -0.161. The Hall–Kier alpha value is -3.22. The van der Waals surface area contributed by atoms with Gasteiger partial charge in [-0.25, -0.2) is 4.99 Å². The molecule has 6 rings (SSSR count). The van der Waals surface area contributed by atoms with Crippen molar-refractivity contribution in [2.75, 3.05) is 7.11 Å².